The number of nitrogens with zero attached hydrogens (tertiary/aromatic N) is 4. The molecule has 94 valence electrons. The molecule has 0 aliphatic rings. The lowest BCUT2D eigenvalue weighted by atomic mass is 10.2. The standard InChI is InChI=1S/C10H11N5O2S/c11-6-5-9-1-3-10(4-2-9)18(16,17)14-8-7-13-15-12/h1-4,14H,5,7-8H2. The molecule has 0 saturated heterocycles. The summed E-state index contributed by atoms with van der Waals surface area (Å²) in [5.74, 6) is 0. The summed E-state index contributed by atoms with van der Waals surface area (Å²) >= 11 is 0. The van der Waals surface area contributed by atoms with E-state index >= 15 is 0 Å². The van der Waals surface area contributed by atoms with Crippen molar-refractivity contribution in [3.8, 4) is 6.07 Å². The van der Waals surface area contributed by atoms with Crippen molar-refractivity contribution in [1.29, 1.82) is 5.26 Å². The number of hydrogen-bond donors (Lipinski definition) is 1. The van der Waals surface area contributed by atoms with Crippen LogP contribution in [0.2, 0.25) is 0 Å². The molecule has 1 rings (SSSR count). The third-order valence-corrected chi connectivity index (χ3v) is 3.56. The minimum Gasteiger partial charge on any atom is -0.211 e. The van der Waals surface area contributed by atoms with E-state index in [1.807, 2.05) is 6.07 Å². The Morgan fingerprint density at radius 3 is 2.61 bits per heavy atom. The second-order valence-corrected chi connectivity index (χ2v) is 5.10. The van der Waals surface area contributed by atoms with Gasteiger partial charge in [0.1, 0.15) is 0 Å². The van der Waals surface area contributed by atoms with Crippen molar-refractivity contribution in [2.24, 2.45) is 5.11 Å². The summed E-state index contributed by atoms with van der Waals surface area (Å²) in [4.78, 5) is 2.64. The molecule has 7 nitrogen and oxygen atoms in total. The van der Waals surface area contributed by atoms with E-state index in [-0.39, 0.29) is 24.4 Å². The van der Waals surface area contributed by atoms with Gasteiger partial charge in [0.25, 0.3) is 0 Å². The summed E-state index contributed by atoms with van der Waals surface area (Å²) in [6.45, 7) is 0.106. The van der Waals surface area contributed by atoms with Crippen molar-refractivity contribution in [2.75, 3.05) is 13.1 Å². The van der Waals surface area contributed by atoms with E-state index in [0.29, 0.717) is 0 Å². The summed E-state index contributed by atoms with van der Waals surface area (Å²) in [5.41, 5.74) is 8.80. The fourth-order valence-electron chi connectivity index (χ4n) is 1.24. The fourth-order valence-corrected chi connectivity index (χ4v) is 2.26. The van der Waals surface area contributed by atoms with Crippen molar-refractivity contribution in [1.82, 2.24) is 4.72 Å². The second-order valence-electron chi connectivity index (χ2n) is 3.33. The molecule has 0 aliphatic carbocycles. The molecule has 0 spiro atoms. The van der Waals surface area contributed by atoms with Gasteiger partial charge in [-0.1, -0.05) is 17.2 Å². The summed E-state index contributed by atoms with van der Waals surface area (Å²) in [6.07, 6.45) is 0.241. The van der Waals surface area contributed by atoms with E-state index in [4.69, 9.17) is 10.8 Å². The fraction of sp³-hybridized carbons (Fsp3) is 0.300. The number of nitrogens with one attached hydrogen (secondary N) is 1. The normalized spacial score (nSPS) is 10.4. The summed E-state index contributed by atoms with van der Waals surface area (Å²) in [7, 11) is -3.59. The molecule has 1 aromatic carbocycles. The van der Waals surface area contributed by atoms with Gasteiger partial charge in [-0.2, -0.15) is 5.26 Å². The highest BCUT2D eigenvalue weighted by Gasteiger charge is 2.12. The van der Waals surface area contributed by atoms with E-state index in [9.17, 15) is 8.42 Å². The van der Waals surface area contributed by atoms with Gasteiger partial charge in [0.15, 0.2) is 0 Å². The highest BCUT2D eigenvalue weighted by atomic mass is 32.2. The maximum atomic E-state index is 11.8. The van der Waals surface area contributed by atoms with E-state index in [1.165, 1.54) is 12.1 Å². The van der Waals surface area contributed by atoms with Gasteiger partial charge < -0.3 is 0 Å². The lowest BCUT2D eigenvalue weighted by molar-refractivity contribution is 0.582. The molecule has 1 N–H and O–H groups in total. The van der Waals surface area contributed by atoms with Crippen LogP contribution in [0, 0.1) is 11.3 Å². The van der Waals surface area contributed by atoms with Crippen LogP contribution >= 0.6 is 0 Å². The van der Waals surface area contributed by atoms with Gasteiger partial charge in [0.05, 0.1) is 17.4 Å². The van der Waals surface area contributed by atoms with Crippen LogP contribution in [0.5, 0.6) is 0 Å². The molecule has 0 amide bonds. The number of azide groups is 1. The smallest absolute Gasteiger partial charge is 0.211 e. The molecular formula is C10H11N5O2S. The molecule has 0 aromatic heterocycles. The zero-order valence-electron chi connectivity index (χ0n) is 9.44. The van der Waals surface area contributed by atoms with Gasteiger partial charge in [-0.25, -0.2) is 13.1 Å². The molecule has 0 radical (unpaired) electrons. The predicted molar refractivity (Wildman–Crippen MR) is 65.0 cm³/mol. The summed E-state index contributed by atoms with van der Waals surface area (Å²) in [5, 5.41) is 11.7. The average molecular weight is 265 g/mol. The van der Waals surface area contributed by atoms with Crippen molar-refractivity contribution in [2.45, 2.75) is 11.3 Å². The van der Waals surface area contributed by atoms with Crippen LogP contribution in [0.3, 0.4) is 0 Å². The largest absolute Gasteiger partial charge is 0.240 e. The van der Waals surface area contributed by atoms with Gasteiger partial charge in [-0.3, -0.25) is 0 Å². The topological polar surface area (TPSA) is 119 Å². The molecule has 0 heterocycles. The Morgan fingerprint density at radius 2 is 2.06 bits per heavy atom. The van der Waals surface area contributed by atoms with Crippen LogP contribution in [0.1, 0.15) is 5.56 Å². The number of nitriles is 1. The zero-order valence-corrected chi connectivity index (χ0v) is 10.3. The second kappa shape index (κ2) is 6.61. The van der Waals surface area contributed by atoms with E-state index < -0.39 is 10.0 Å². The third-order valence-electron chi connectivity index (χ3n) is 2.08. The molecule has 0 fully saturated rings. The highest BCUT2D eigenvalue weighted by molar-refractivity contribution is 7.89. The molecular weight excluding hydrogens is 254 g/mol. The maximum absolute atomic E-state index is 11.8. The minimum atomic E-state index is -3.59. The van der Waals surface area contributed by atoms with E-state index in [1.54, 1.807) is 12.1 Å². The Balaban J connectivity index is 2.73. The molecule has 18 heavy (non-hydrogen) atoms. The Morgan fingerprint density at radius 1 is 1.39 bits per heavy atom. The Labute approximate surface area is 105 Å². The van der Waals surface area contributed by atoms with Gasteiger partial charge in [0, 0.05) is 18.0 Å². The Hall–Kier alpha value is -2.07. The molecule has 0 aliphatic heterocycles. The number of rotatable bonds is 6. The molecule has 8 heteroatoms. The van der Waals surface area contributed by atoms with Crippen molar-refractivity contribution in [3.05, 3.63) is 40.3 Å². The SMILES string of the molecule is N#CCc1ccc(S(=O)(=O)NCCN=[N+]=[N-])cc1. The van der Waals surface area contributed by atoms with Crippen LogP contribution in [0.15, 0.2) is 34.3 Å². The van der Waals surface area contributed by atoms with Crippen molar-refractivity contribution < 1.29 is 8.42 Å². The highest BCUT2D eigenvalue weighted by Crippen LogP contribution is 2.10. The average Bonchev–Trinajstić information content (AvgIpc) is 2.36. The van der Waals surface area contributed by atoms with Gasteiger partial charge in [0.2, 0.25) is 10.0 Å². The predicted octanol–water partition coefficient (Wildman–Crippen LogP) is 1.34. The number of hydrogen-bond acceptors (Lipinski definition) is 4. The van der Waals surface area contributed by atoms with Crippen molar-refractivity contribution >= 4 is 10.0 Å². The molecule has 0 atom stereocenters. The minimum absolute atomic E-state index is 0.0480. The van der Waals surface area contributed by atoms with Gasteiger partial charge in [-0.15, -0.1) is 0 Å². The quantitative estimate of drug-likeness (QED) is 0.361. The Bertz CT molecular complexity index is 582. The lowest BCUT2D eigenvalue weighted by Gasteiger charge is -2.05. The van der Waals surface area contributed by atoms with Crippen LogP contribution in [-0.2, 0) is 16.4 Å². The number of sulfonamides is 1. The van der Waals surface area contributed by atoms with Gasteiger partial charge >= 0.3 is 0 Å². The summed E-state index contributed by atoms with van der Waals surface area (Å²) < 4.78 is 25.8. The van der Waals surface area contributed by atoms with Crippen molar-refractivity contribution in [3.63, 3.8) is 0 Å². The van der Waals surface area contributed by atoms with Crippen LogP contribution < -0.4 is 4.72 Å². The van der Waals surface area contributed by atoms with Crippen LogP contribution in [-0.4, -0.2) is 21.5 Å². The third kappa shape index (κ3) is 4.07. The Kier molecular flexibility index (Phi) is 5.14. The number of benzene rings is 1. The molecule has 0 bridgehead atoms. The summed E-state index contributed by atoms with van der Waals surface area (Å²) in [6, 6.07) is 8.02. The maximum Gasteiger partial charge on any atom is 0.240 e. The van der Waals surface area contributed by atoms with Crippen LogP contribution in [0.4, 0.5) is 0 Å². The van der Waals surface area contributed by atoms with E-state index in [0.717, 1.165) is 5.56 Å². The first-order chi connectivity index (χ1) is 8.60. The molecule has 0 unspecified atom stereocenters. The van der Waals surface area contributed by atoms with Crippen LogP contribution in [0.25, 0.3) is 10.4 Å². The lowest BCUT2D eigenvalue weighted by Crippen LogP contribution is -2.26. The zero-order chi connectivity index (χ0) is 13.4. The van der Waals surface area contributed by atoms with Gasteiger partial charge in [-0.05, 0) is 23.2 Å². The first-order valence-electron chi connectivity index (χ1n) is 5.06. The first-order valence-corrected chi connectivity index (χ1v) is 6.55. The molecule has 0 saturated carbocycles. The molecule has 1 aromatic rings. The first kappa shape index (κ1) is 14.0. The van der Waals surface area contributed by atoms with E-state index in [2.05, 4.69) is 14.7 Å². The monoisotopic (exact) mass is 265 g/mol.